The molecule has 1 N–H and O–H groups in total. The van der Waals surface area contributed by atoms with Gasteiger partial charge in [0, 0.05) is 11.9 Å². The molecule has 0 amide bonds. The van der Waals surface area contributed by atoms with Gasteiger partial charge in [0.15, 0.2) is 0 Å². The first-order valence-electron chi connectivity index (χ1n) is 4.34. The number of benzene rings is 1. The molecule has 16 heavy (non-hydrogen) atoms. The van der Waals surface area contributed by atoms with E-state index in [1.165, 1.54) is 12.4 Å². The van der Waals surface area contributed by atoms with Gasteiger partial charge in [-0.2, -0.15) is 0 Å². The summed E-state index contributed by atoms with van der Waals surface area (Å²) in [6.45, 7) is 0. The fraction of sp³-hybridized carbons (Fsp3) is 0. The molecule has 82 valence electrons. The van der Waals surface area contributed by atoms with Gasteiger partial charge in [-0.1, -0.05) is 0 Å². The molecule has 0 spiro atoms. The van der Waals surface area contributed by atoms with E-state index >= 15 is 0 Å². The summed E-state index contributed by atoms with van der Waals surface area (Å²) >= 11 is 5.21. The lowest BCUT2D eigenvalue weighted by Crippen LogP contribution is -1.97. The maximum Gasteiger partial charge on any atom is 0.147 e. The summed E-state index contributed by atoms with van der Waals surface area (Å²) in [6.07, 6.45) is 3.13. The molecule has 0 saturated heterocycles. The van der Waals surface area contributed by atoms with Gasteiger partial charge < -0.3 is 5.32 Å². The molecule has 2 aromatic rings. The van der Waals surface area contributed by atoms with Crippen LogP contribution in [0.5, 0.6) is 0 Å². The summed E-state index contributed by atoms with van der Waals surface area (Å²) in [5.74, 6) is 0.353. The van der Waals surface area contributed by atoms with E-state index in [9.17, 15) is 4.39 Å². The van der Waals surface area contributed by atoms with Crippen molar-refractivity contribution in [3.8, 4) is 0 Å². The van der Waals surface area contributed by atoms with Crippen LogP contribution in [0.2, 0.25) is 0 Å². The summed E-state index contributed by atoms with van der Waals surface area (Å²) in [4.78, 5) is 7.94. The molecule has 0 aliphatic carbocycles. The van der Waals surface area contributed by atoms with Gasteiger partial charge in [0.2, 0.25) is 0 Å². The first-order valence-corrected chi connectivity index (χ1v) is 6.21. The predicted molar refractivity (Wildman–Crippen MR) is 72.1 cm³/mol. The van der Waals surface area contributed by atoms with E-state index in [0.29, 0.717) is 16.0 Å². The number of rotatable bonds is 2. The van der Waals surface area contributed by atoms with Crippen molar-refractivity contribution in [2.45, 2.75) is 0 Å². The Hall–Kier alpha value is -0.760. The average molecular weight is 394 g/mol. The largest absolute Gasteiger partial charge is 0.339 e. The first-order chi connectivity index (χ1) is 7.66. The van der Waals surface area contributed by atoms with E-state index in [4.69, 9.17) is 0 Å². The number of nitrogens with zero attached hydrogens (tertiary/aromatic N) is 2. The smallest absolute Gasteiger partial charge is 0.147 e. The zero-order chi connectivity index (χ0) is 11.5. The summed E-state index contributed by atoms with van der Waals surface area (Å²) in [7, 11) is 0. The molecule has 0 unspecified atom stereocenters. The third kappa shape index (κ3) is 2.67. The number of hydrogen-bond donors (Lipinski definition) is 1. The molecule has 0 fully saturated rings. The average Bonchev–Trinajstić information content (AvgIpc) is 2.27. The fourth-order valence-electron chi connectivity index (χ4n) is 1.12. The Kier molecular flexibility index (Phi) is 3.70. The highest BCUT2D eigenvalue weighted by Gasteiger charge is 2.04. The second kappa shape index (κ2) is 5.05. The monoisotopic (exact) mass is 393 g/mol. The lowest BCUT2D eigenvalue weighted by atomic mass is 10.3. The molecular formula is C10H6BrFIN3. The van der Waals surface area contributed by atoms with Crippen LogP contribution >= 0.6 is 38.5 Å². The van der Waals surface area contributed by atoms with Crippen LogP contribution in [0.1, 0.15) is 0 Å². The predicted octanol–water partition coefficient (Wildman–Crippen LogP) is 3.73. The minimum absolute atomic E-state index is 0.311. The Bertz CT molecular complexity index is 521. The van der Waals surface area contributed by atoms with Crippen LogP contribution in [0.3, 0.4) is 0 Å². The molecule has 6 heteroatoms. The second-order valence-electron chi connectivity index (χ2n) is 2.97. The summed E-state index contributed by atoms with van der Waals surface area (Å²) in [5, 5.41) is 3.02. The van der Waals surface area contributed by atoms with Gasteiger partial charge in [0.1, 0.15) is 18.0 Å². The van der Waals surface area contributed by atoms with Crippen LogP contribution < -0.4 is 5.32 Å². The van der Waals surface area contributed by atoms with Crippen molar-refractivity contribution in [1.29, 1.82) is 0 Å². The van der Waals surface area contributed by atoms with E-state index in [1.54, 1.807) is 18.3 Å². The van der Waals surface area contributed by atoms with Gasteiger partial charge in [0.25, 0.3) is 0 Å². The molecule has 3 nitrogen and oxygen atoms in total. The fourth-order valence-corrected chi connectivity index (χ4v) is 1.80. The molecule has 0 aliphatic rings. The number of anilines is 2. The van der Waals surface area contributed by atoms with Crippen molar-refractivity contribution in [3.63, 3.8) is 0 Å². The first kappa shape index (κ1) is 11.7. The van der Waals surface area contributed by atoms with Crippen LogP contribution in [-0.4, -0.2) is 9.97 Å². The van der Waals surface area contributed by atoms with Crippen molar-refractivity contribution in [1.82, 2.24) is 9.97 Å². The van der Waals surface area contributed by atoms with Gasteiger partial charge in [-0.25, -0.2) is 14.4 Å². The quantitative estimate of drug-likeness (QED) is 0.790. The van der Waals surface area contributed by atoms with E-state index < -0.39 is 0 Å². The van der Waals surface area contributed by atoms with E-state index in [0.717, 1.165) is 3.57 Å². The molecule has 1 aromatic heterocycles. The summed E-state index contributed by atoms with van der Waals surface area (Å²) in [5.41, 5.74) is 0.650. The minimum atomic E-state index is -0.311. The molecule has 2 rings (SSSR count). The van der Waals surface area contributed by atoms with Crippen LogP contribution in [0.15, 0.2) is 35.2 Å². The molecule has 0 radical (unpaired) electrons. The Morgan fingerprint density at radius 2 is 2.19 bits per heavy atom. The highest BCUT2D eigenvalue weighted by atomic mass is 127. The maximum atomic E-state index is 13.3. The minimum Gasteiger partial charge on any atom is -0.339 e. The molecule has 0 bridgehead atoms. The highest BCUT2D eigenvalue weighted by Crippen LogP contribution is 2.23. The number of nitrogens with one attached hydrogen (secondary N) is 1. The van der Waals surface area contributed by atoms with Crippen LogP contribution in [-0.2, 0) is 0 Å². The molecule has 1 heterocycles. The molecule has 0 atom stereocenters. The van der Waals surface area contributed by atoms with Crippen LogP contribution in [0.25, 0.3) is 0 Å². The van der Waals surface area contributed by atoms with Gasteiger partial charge in [-0.3, -0.25) is 0 Å². The van der Waals surface area contributed by atoms with Gasteiger partial charge in [0.05, 0.1) is 8.04 Å². The molecular weight excluding hydrogens is 388 g/mol. The van der Waals surface area contributed by atoms with Crippen molar-refractivity contribution >= 4 is 50.0 Å². The van der Waals surface area contributed by atoms with Crippen LogP contribution in [0.4, 0.5) is 15.9 Å². The lowest BCUT2D eigenvalue weighted by molar-refractivity contribution is 0.622. The molecule has 0 saturated carbocycles. The molecule has 0 aliphatic heterocycles. The Morgan fingerprint density at radius 3 is 2.88 bits per heavy atom. The highest BCUT2D eigenvalue weighted by molar-refractivity contribution is 14.1. The lowest BCUT2D eigenvalue weighted by Gasteiger charge is -2.07. The number of hydrogen-bond acceptors (Lipinski definition) is 3. The summed E-state index contributed by atoms with van der Waals surface area (Å²) in [6, 6.07) is 4.82. The summed E-state index contributed by atoms with van der Waals surface area (Å²) < 4.78 is 14.6. The van der Waals surface area contributed by atoms with Gasteiger partial charge >= 0.3 is 0 Å². The van der Waals surface area contributed by atoms with E-state index in [-0.39, 0.29) is 5.82 Å². The standard InChI is InChI=1S/C10H6BrFIN3/c11-7-2-1-6(3-8(7)12)16-10-9(13)4-14-5-15-10/h1-5H,(H,14,15,16). The molecule has 1 aromatic carbocycles. The zero-order valence-corrected chi connectivity index (χ0v) is 11.7. The van der Waals surface area contributed by atoms with Gasteiger partial charge in [-0.15, -0.1) is 0 Å². The van der Waals surface area contributed by atoms with Gasteiger partial charge in [-0.05, 0) is 56.7 Å². The van der Waals surface area contributed by atoms with Crippen molar-refractivity contribution in [2.75, 3.05) is 5.32 Å². The van der Waals surface area contributed by atoms with Crippen LogP contribution in [0, 0.1) is 9.39 Å². The topological polar surface area (TPSA) is 37.8 Å². The Morgan fingerprint density at radius 1 is 1.38 bits per heavy atom. The van der Waals surface area contributed by atoms with E-state index in [1.807, 2.05) is 0 Å². The normalized spacial score (nSPS) is 10.2. The maximum absolute atomic E-state index is 13.3. The SMILES string of the molecule is Fc1cc(Nc2ncncc2I)ccc1Br. The van der Waals surface area contributed by atoms with Crippen molar-refractivity contribution < 1.29 is 4.39 Å². The van der Waals surface area contributed by atoms with Crippen molar-refractivity contribution in [2.24, 2.45) is 0 Å². The van der Waals surface area contributed by atoms with E-state index in [2.05, 4.69) is 53.8 Å². The second-order valence-corrected chi connectivity index (χ2v) is 4.99. The Labute approximate surface area is 114 Å². The Balaban J connectivity index is 2.28. The third-order valence-corrected chi connectivity index (χ3v) is 3.28. The number of aromatic nitrogens is 2. The zero-order valence-electron chi connectivity index (χ0n) is 7.92. The van der Waals surface area contributed by atoms with Crippen molar-refractivity contribution in [3.05, 3.63) is 44.6 Å². The number of halogens is 3. The third-order valence-electron chi connectivity index (χ3n) is 1.85.